The summed E-state index contributed by atoms with van der Waals surface area (Å²) < 4.78 is 0. The van der Waals surface area contributed by atoms with Gasteiger partial charge in [-0.15, -0.1) is 0 Å². The fourth-order valence-corrected chi connectivity index (χ4v) is 0.313. The first kappa shape index (κ1) is 13.7. The number of pyridine rings is 1. The Morgan fingerprint density at radius 2 is 1.58 bits per heavy atom. The molecule has 1 radical (unpaired) electrons. The zero-order chi connectivity index (χ0) is 8.53. The Kier molecular flexibility index (Phi) is 11.6. The quantitative estimate of drug-likeness (QED) is 0.370. The normalized spacial score (nSPS) is 6.83. The Morgan fingerprint density at radius 3 is 1.67 bits per heavy atom. The molecular formula is C8H11MnN2O-. The van der Waals surface area contributed by atoms with Crippen molar-refractivity contribution in [3.8, 4) is 0 Å². The van der Waals surface area contributed by atoms with E-state index in [2.05, 4.69) is 10.1 Å². The van der Waals surface area contributed by atoms with Crippen molar-refractivity contribution in [1.82, 2.24) is 4.98 Å². The van der Waals surface area contributed by atoms with Crippen LogP contribution in [0, 0.1) is 5.21 Å². The van der Waals surface area contributed by atoms with E-state index in [1.165, 1.54) is 0 Å². The SMILES string of the molecule is CC(C)=N[O-].[Mn].c1ccncc1. The summed E-state index contributed by atoms with van der Waals surface area (Å²) in [6, 6.07) is 5.72. The van der Waals surface area contributed by atoms with Gasteiger partial charge in [0.25, 0.3) is 0 Å². The monoisotopic (exact) mass is 206 g/mol. The summed E-state index contributed by atoms with van der Waals surface area (Å²) >= 11 is 0. The molecule has 0 aliphatic rings. The molecule has 0 aliphatic heterocycles. The van der Waals surface area contributed by atoms with Crippen LogP contribution in [0.3, 0.4) is 0 Å². The maximum Gasteiger partial charge on any atom is 0.0267 e. The minimum absolute atomic E-state index is 0. The molecule has 0 fully saturated rings. The third-order valence-electron chi connectivity index (χ3n) is 0.749. The summed E-state index contributed by atoms with van der Waals surface area (Å²) in [5.41, 5.74) is 0.574. The largest absolute Gasteiger partial charge is 0.792 e. The standard InChI is InChI=1S/C5H5N.C3H7NO.Mn/c1-2-4-6-5-3-1;1-3(2)4-5;/h1-5H;5H,1-2H3;/p-1. The van der Waals surface area contributed by atoms with Crippen LogP contribution in [0.5, 0.6) is 0 Å². The molecule has 0 amide bonds. The second-order valence-corrected chi connectivity index (χ2v) is 2.06. The third-order valence-corrected chi connectivity index (χ3v) is 0.749. The first-order chi connectivity index (χ1) is 5.27. The summed E-state index contributed by atoms with van der Waals surface area (Å²) in [6.45, 7) is 3.32. The molecular weight excluding hydrogens is 195 g/mol. The van der Waals surface area contributed by atoms with Gasteiger partial charge in [0, 0.05) is 35.2 Å². The van der Waals surface area contributed by atoms with E-state index in [1.807, 2.05) is 18.2 Å². The Labute approximate surface area is 83.0 Å². The van der Waals surface area contributed by atoms with Crippen LogP contribution in [0.1, 0.15) is 13.8 Å². The molecule has 4 heteroatoms. The van der Waals surface area contributed by atoms with Crippen molar-refractivity contribution in [2.75, 3.05) is 0 Å². The average molecular weight is 206 g/mol. The zero-order valence-corrected chi connectivity index (χ0v) is 8.25. The number of hydrogen-bond acceptors (Lipinski definition) is 3. The average Bonchev–Trinajstić information content (AvgIpc) is 2.09. The van der Waals surface area contributed by atoms with E-state index in [9.17, 15) is 5.21 Å². The Bertz CT molecular complexity index is 171. The van der Waals surface area contributed by atoms with Gasteiger partial charge < -0.3 is 10.4 Å². The molecule has 1 rings (SSSR count). The number of nitrogens with zero attached hydrogens (tertiary/aromatic N) is 2. The van der Waals surface area contributed by atoms with Gasteiger partial charge in [0.05, 0.1) is 0 Å². The molecule has 0 bridgehead atoms. The van der Waals surface area contributed by atoms with Crippen LogP contribution in [0.15, 0.2) is 35.7 Å². The van der Waals surface area contributed by atoms with Crippen molar-refractivity contribution in [1.29, 1.82) is 0 Å². The van der Waals surface area contributed by atoms with Gasteiger partial charge in [-0.2, -0.15) is 0 Å². The summed E-state index contributed by atoms with van der Waals surface area (Å²) in [6.07, 6.45) is 3.50. The van der Waals surface area contributed by atoms with Crippen molar-refractivity contribution >= 4 is 5.71 Å². The van der Waals surface area contributed by atoms with Gasteiger partial charge in [0.2, 0.25) is 0 Å². The van der Waals surface area contributed by atoms with Crippen LogP contribution in [0.25, 0.3) is 0 Å². The smallest absolute Gasteiger partial charge is 0.0267 e. The molecule has 3 nitrogen and oxygen atoms in total. The molecule has 0 N–H and O–H groups in total. The van der Waals surface area contributed by atoms with Gasteiger partial charge in [-0.25, -0.2) is 0 Å². The van der Waals surface area contributed by atoms with Gasteiger partial charge >= 0.3 is 0 Å². The second-order valence-electron chi connectivity index (χ2n) is 2.06. The summed E-state index contributed by atoms with van der Waals surface area (Å²) in [5, 5.41) is 11.8. The van der Waals surface area contributed by atoms with Crippen molar-refractivity contribution in [3.05, 3.63) is 35.8 Å². The first-order valence-electron chi connectivity index (χ1n) is 3.26. The van der Waals surface area contributed by atoms with Gasteiger partial charge in [-0.1, -0.05) is 6.07 Å². The van der Waals surface area contributed by atoms with Crippen LogP contribution < -0.4 is 0 Å². The molecule has 0 atom stereocenters. The molecule has 67 valence electrons. The Balaban J connectivity index is 0. The predicted octanol–water partition coefficient (Wildman–Crippen LogP) is 2.04. The minimum atomic E-state index is 0. The molecule has 12 heavy (non-hydrogen) atoms. The molecule has 1 aromatic rings. The van der Waals surface area contributed by atoms with E-state index in [1.54, 1.807) is 26.2 Å². The number of rotatable bonds is 0. The topological polar surface area (TPSA) is 48.3 Å². The molecule has 0 saturated carbocycles. The van der Waals surface area contributed by atoms with Crippen LogP contribution in [-0.4, -0.2) is 10.7 Å². The Hall–Kier alpha value is -0.861. The molecule has 1 aromatic heterocycles. The predicted molar refractivity (Wildman–Crippen MR) is 46.4 cm³/mol. The first-order valence-corrected chi connectivity index (χ1v) is 3.26. The van der Waals surface area contributed by atoms with Crippen LogP contribution in [0.4, 0.5) is 0 Å². The molecule has 0 saturated heterocycles. The summed E-state index contributed by atoms with van der Waals surface area (Å²) in [5.74, 6) is 0. The van der Waals surface area contributed by atoms with Crippen LogP contribution in [-0.2, 0) is 17.1 Å². The van der Waals surface area contributed by atoms with Crippen molar-refractivity contribution in [2.24, 2.45) is 5.16 Å². The maximum absolute atomic E-state index is 9.22. The van der Waals surface area contributed by atoms with E-state index in [4.69, 9.17) is 0 Å². The van der Waals surface area contributed by atoms with Crippen molar-refractivity contribution < 1.29 is 17.1 Å². The van der Waals surface area contributed by atoms with Gasteiger partial charge in [-0.05, 0) is 26.0 Å². The molecule has 0 unspecified atom stereocenters. The number of hydrogen-bond donors (Lipinski definition) is 0. The minimum Gasteiger partial charge on any atom is -0.792 e. The summed E-state index contributed by atoms with van der Waals surface area (Å²) in [7, 11) is 0. The van der Waals surface area contributed by atoms with Gasteiger partial charge in [0.1, 0.15) is 0 Å². The van der Waals surface area contributed by atoms with Gasteiger partial charge in [-0.3, -0.25) is 4.98 Å². The van der Waals surface area contributed by atoms with E-state index in [0.29, 0.717) is 5.71 Å². The third kappa shape index (κ3) is 11.9. The molecule has 0 spiro atoms. The fraction of sp³-hybridized carbons (Fsp3) is 0.250. The van der Waals surface area contributed by atoms with E-state index in [0.717, 1.165) is 0 Å². The van der Waals surface area contributed by atoms with Crippen molar-refractivity contribution in [3.63, 3.8) is 0 Å². The molecule has 0 aromatic carbocycles. The van der Waals surface area contributed by atoms with E-state index >= 15 is 0 Å². The zero-order valence-electron chi connectivity index (χ0n) is 7.07. The van der Waals surface area contributed by atoms with Gasteiger partial charge in [0.15, 0.2) is 0 Å². The van der Waals surface area contributed by atoms with E-state index < -0.39 is 0 Å². The number of aromatic nitrogens is 1. The fourth-order valence-electron chi connectivity index (χ4n) is 0.313. The van der Waals surface area contributed by atoms with Crippen LogP contribution >= 0.6 is 0 Å². The molecule has 1 heterocycles. The summed E-state index contributed by atoms with van der Waals surface area (Å²) in [4.78, 5) is 3.78. The Morgan fingerprint density at radius 1 is 1.17 bits per heavy atom. The van der Waals surface area contributed by atoms with Crippen LogP contribution in [0.2, 0.25) is 0 Å². The second kappa shape index (κ2) is 10.1. The van der Waals surface area contributed by atoms with E-state index in [-0.39, 0.29) is 17.1 Å². The maximum atomic E-state index is 9.22. The molecule has 0 aliphatic carbocycles. The van der Waals surface area contributed by atoms with Crippen molar-refractivity contribution in [2.45, 2.75) is 13.8 Å².